The molecule has 16 heavy (non-hydrogen) atoms. The molecule has 1 aromatic heterocycles. The second kappa shape index (κ2) is 4.89. The van der Waals surface area contributed by atoms with Crippen molar-refractivity contribution in [1.29, 1.82) is 0 Å². The highest BCUT2D eigenvalue weighted by Crippen LogP contribution is 2.29. The van der Waals surface area contributed by atoms with E-state index in [2.05, 4.69) is 18.3 Å². The van der Waals surface area contributed by atoms with Crippen molar-refractivity contribution in [2.45, 2.75) is 26.8 Å². The fourth-order valence-electron chi connectivity index (χ4n) is 1.82. The first-order chi connectivity index (χ1) is 7.72. The van der Waals surface area contributed by atoms with Crippen LogP contribution in [0.1, 0.15) is 24.5 Å². The average molecular weight is 238 g/mol. The molecule has 0 unspecified atom stereocenters. The Morgan fingerprint density at radius 1 is 1.38 bits per heavy atom. The van der Waals surface area contributed by atoms with E-state index in [1.54, 1.807) is 6.26 Å². The molecule has 2 rings (SSSR count). The summed E-state index contributed by atoms with van der Waals surface area (Å²) in [6, 6.07) is 4.05. The molecule has 0 radical (unpaired) electrons. The molecule has 0 aliphatic rings. The molecule has 3 heteroatoms. The van der Waals surface area contributed by atoms with Crippen LogP contribution in [0, 0.1) is 6.92 Å². The van der Waals surface area contributed by atoms with Crippen LogP contribution >= 0.6 is 11.6 Å². The third-order valence-corrected chi connectivity index (χ3v) is 2.88. The lowest BCUT2D eigenvalue weighted by Crippen LogP contribution is -2.13. The molecule has 0 atom stereocenters. The average Bonchev–Trinajstić information content (AvgIpc) is 2.62. The Kier molecular flexibility index (Phi) is 3.52. The first kappa shape index (κ1) is 11.5. The highest BCUT2D eigenvalue weighted by molar-refractivity contribution is 6.35. The van der Waals surface area contributed by atoms with Gasteiger partial charge in [-0.3, -0.25) is 0 Å². The Bertz CT molecular complexity index is 490. The first-order valence-corrected chi connectivity index (χ1v) is 5.97. The highest BCUT2D eigenvalue weighted by atomic mass is 35.5. The zero-order valence-electron chi connectivity index (χ0n) is 9.64. The quantitative estimate of drug-likeness (QED) is 0.816. The molecule has 1 heterocycles. The molecule has 0 saturated carbocycles. The fourth-order valence-corrected chi connectivity index (χ4v) is 2.14. The molecular weight excluding hydrogens is 222 g/mol. The summed E-state index contributed by atoms with van der Waals surface area (Å²) in [5, 5.41) is 5.18. The van der Waals surface area contributed by atoms with Crippen molar-refractivity contribution in [2.24, 2.45) is 0 Å². The van der Waals surface area contributed by atoms with Crippen LogP contribution in [0.4, 0.5) is 0 Å². The van der Waals surface area contributed by atoms with E-state index in [1.807, 2.05) is 13.0 Å². The molecule has 0 bridgehead atoms. The maximum Gasteiger partial charge on any atom is 0.152 e. The van der Waals surface area contributed by atoms with Gasteiger partial charge in [0, 0.05) is 17.5 Å². The van der Waals surface area contributed by atoms with Gasteiger partial charge < -0.3 is 9.73 Å². The number of furan rings is 1. The Morgan fingerprint density at radius 3 is 2.94 bits per heavy atom. The van der Waals surface area contributed by atoms with E-state index >= 15 is 0 Å². The van der Waals surface area contributed by atoms with E-state index in [9.17, 15) is 0 Å². The number of hydrogen-bond donors (Lipinski definition) is 1. The van der Waals surface area contributed by atoms with Crippen molar-refractivity contribution < 1.29 is 4.42 Å². The number of nitrogens with one attached hydrogen (secondary N) is 1. The molecule has 0 aliphatic heterocycles. The Labute approximate surface area is 101 Å². The number of benzene rings is 1. The van der Waals surface area contributed by atoms with Crippen LogP contribution in [0.25, 0.3) is 11.0 Å². The van der Waals surface area contributed by atoms with E-state index in [4.69, 9.17) is 16.0 Å². The molecule has 0 amide bonds. The summed E-state index contributed by atoms with van der Waals surface area (Å²) in [5.74, 6) is 0. The molecule has 0 fully saturated rings. The van der Waals surface area contributed by atoms with Gasteiger partial charge in [-0.2, -0.15) is 0 Å². The predicted molar refractivity (Wildman–Crippen MR) is 68.0 cm³/mol. The molecule has 1 aromatic carbocycles. The van der Waals surface area contributed by atoms with Crippen LogP contribution in [-0.4, -0.2) is 6.54 Å². The maximum atomic E-state index is 6.12. The van der Waals surface area contributed by atoms with Crippen molar-refractivity contribution >= 4 is 22.6 Å². The van der Waals surface area contributed by atoms with Gasteiger partial charge in [-0.1, -0.05) is 18.5 Å². The second-order valence-electron chi connectivity index (χ2n) is 4.06. The van der Waals surface area contributed by atoms with Crippen molar-refractivity contribution in [3.05, 3.63) is 34.5 Å². The van der Waals surface area contributed by atoms with Gasteiger partial charge in [-0.15, -0.1) is 0 Å². The second-order valence-corrected chi connectivity index (χ2v) is 4.47. The Hall–Kier alpha value is -0.990. The number of rotatable bonds is 4. The van der Waals surface area contributed by atoms with E-state index in [0.29, 0.717) is 5.02 Å². The van der Waals surface area contributed by atoms with Crippen LogP contribution < -0.4 is 5.32 Å². The van der Waals surface area contributed by atoms with E-state index in [-0.39, 0.29) is 0 Å². The first-order valence-electron chi connectivity index (χ1n) is 5.59. The van der Waals surface area contributed by atoms with Crippen molar-refractivity contribution in [3.63, 3.8) is 0 Å². The van der Waals surface area contributed by atoms with Crippen LogP contribution in [-0.2, 0) is 6.54 Å². The van der Waals surface area contributed by atoms with Crippen molar-refractivity contribution in [1.82, 2.24) is 5.32 Å². The van der Waals surface area contributed by atoms with Crippen molar-refractivity contribution in [2.75, 3.05) is 6.54 Å². The van der Waals surface area contributed by atoms with Crippen LogP contribution in [0.15, 0.2) is 22.8 Å². The number of halogens is 1. The van der Waals surface area contributed by atoms with Crippen molar-refractivity contribution in [3.8, 4) is 0 Å². The molecule has 1 N–H and O–H groups in total. The molecule has 2 nitrogen and oxygen atoms in total. The summed E-state index contributed by atoms with van der Waals surface area (Å²) in [5.41, 5.74) is 3.13. The van der Waals surface area contributed by atoms with Gasteiger partial charge in [0.1, 0.15) is 0 Å². The van der Waals surface area contributed by atoms with Crippen LogP contribution in [0.5, 0.6) is 0 Å². The molecule has 0 saturated heterocycles. The zero-order valence-corrected chi connectivity index (χ0v) is 10.4. The van der Waals surface area contributed by atoms with Gasteiger partial charge in [0.15, 0.2) is 5.58 Å². The third kappa shape index (κ3) is 2.23. The van der Waals surface area contributed by atoms with Gasteiger partial charge in [-0.25, -0.2) is 0 Å². The molecule has 86 valence electrons. The molecular formula is C13H16ClNO. The third-order valence-electron chi connectivity index (χ3n) is 2.60. The van der Waals surface area contributed by atoms with E-state index < -0.39 is 0 Å². The number of aryl methyl sites for hydroxylation is 1. The van der Waals surface area contributed by atoms with Gasteiger partial charge in [-0.05, 0) is 37.6 Å². The summed E-state index contributed by atoms with van der Waals surface area (Å²) in [7, 11) is 0. The standard InChI is InChI=1S/C13H16ClNO/c1-3-4-15-7-10-8-16-13-11(10)5-9(2)6-12(13)14/h5-6,8,15H,3-4,7H2,1-2H3. The SMILES string of the molecule is CCCNCc1coc2c(Cl)cc(C)cc12. The summed E-state index contributed by atoms with van der Waals surface area (Å²) in [4.78, 5) is 0. The Balaban J connectivity index is 2.32. The minimum absolute atomic E-state index is 0.691. The van der Waals surface area contributed by atoms with E-state index in [1.165, 1.54) is 5.56 Å². The van der Waals surface area contributed by atoms with Crippen LogP contribution in [0.3, 0.4) is 0 Å². The van der Waals surface area contributed by atoms with Crippen LogP contribution in [0.2, 0.25) is 5.02 Å². The normalized spacial score (nSPS) is 11.2. The van der Waals surface area contributed by atoms with Gasteiger partial charge in [0.05, 0.1) is 11.3 Å². The minimum Gasteiger partial charge on any atom is -0.462 e. The lowest BCUT2D eigenvalue weighted by Gasteiger charge is -2.01. The highest BCUT2D eigenvalue weighted by Gasteiger charge is 2.09. The summed E-state index contributed by atoms with van der Waals surface area (Å²) < 4.78 is 5.49. The smallest absolute Gasteiger partial charge is 0.152 e. The largest absolute Gasteiger partial charge is 0.462 e. The topological polar surface area (TPSA) is 25.2 Å². The number of hydrogen-bond acceptors (Lipinski definition) is 2. The summed E-state index contributed by atoms with van der Waals surface area (Å²) in [6.07, 6.45) is 2.92. The Morgan fingerprint density at radius 2 is 2.19 bits per heavy atom. The summed E-state index contributed by atoms with van der Waals surface area (Å²) >= 11 is 6.12. The van der Waals surface area contributed by atoms with Gasteiger partial charge in [0.2, 0.25) is 0 Å². The fraction of sp³-hybridized carbons (Fsp3) is 0.385. The molecule has 2 aromatic rings. The molecule has 0 aliphatic carbocycles. The lowest BCUT2D eigenvalue weighted by molar-refractivity contribution is 0.601. The van der Waals surface area contributed by atoms with Gasteiger partial charge in [0.25, 0.3) is 0 Å². The maximum absolute atomic E-state index is 6.12. The van der Waals surface area contributed by atoms with E-state index in [0.717, 1.165) is 36.0 Å². The van der Waals surface area contributed by atoms with Gasteiger partial charge >= 0.3 is 0 Å². The molecule has 0 spiro atoms. The monoisotopic (exact) mass is 237 g/mol. The minimum atomic E-state index is 0.691. The number of fused-ring (bicyclic) bond motifs is 1. The zero-order chi connectivity index (χ0) is 11.5. The predicted octanol–water partition coefficient (Wildman–Crippen LogP) is 3.89. The summed E-state index contributed by atoms with van der Waals surface area (Å²) in [6.45, 7) is 6.05. The lowest BCUT2D eigenvalue weighted by atomic mass is 10.1.